The second-order valence-electron chi connectivity index (χ2n) is 7.91. The Hall–Kier alpha value is -3.52. The van der Waals surface area contributed by atoms with Gasteiger partial charge in [0.2, 0.25) is 5.70 Å². The molecule has 1 aromatic carbocycles. The third-order valence-corrected chi connectivity index (χ3v) is 5.86. The molecule has 0 spiro atoms. The second-order valence-corrected chi connectivity index (χ2v) is 8.32. The molecule has 0 atom stereocenters. The zero-order valence-electron chi connectivity index (χ0n) is 19.9. The van der Waals surface area contributed by atoms with Gasteiger partial charge in [-0.05, 0) is 68.7 Å². The van der Waals surface area contributed by atoms with E-state index in [0.717, 1.165) is 12.0 Å². The Labute approximate surface area is 204 Å². The normalized spacial score (nSPS) is 11.7. The summed E-state index contributed by atoms with van der Waals surface area (Å²) in [6.45, 7) is 9.06. The first-order valence-electron chi connectivity index (χ1n) is 11.0. The van der Waals surface area contributed by atoms with Crippen molar-refractivity contribution in [2.45, 2.75) is 41.0 Å². The molecule has 0 bridgehead atoms. The fraction of sp³-hybridized carbons (Fsp3) is 0.269. The van der Waals surface area contributed by atoms with Gasteiger partial charge in [-0.25, -0.2) is 9.18 Å². The molecule has 3 rings (SSSR count). The standard InChI is InChI=1S/C26H28FN3O3S/c1-6-18-10-12-30(13-11-18)23(25(34)29-19-9-8-15(3)20(27)14-19)24(31)22-16(4)21(17(5)28-22)26(32)33-7-2/h8-14H,6-7H2,1-5H3,(H2-,28,29,31,32,34). The molecule has 2 heterocycles. The van der Waals surface area contributed by atoms with Gasteiger partial charge in [0.05, 0.1) is 12.2 Å². The Bertz CT molecular complexity index is 1260. The number of nitrogens with one attached hydrogen (secondary N) is 2. The summed E-state index contributed by atoms with van der Waals surface area (Å²) in [5.41, 5.74) is 3.77. The van der Waals surface area contributed by atoms with Crippen LogP contribution in [-0.4, -0.2) is 22.5 Å². The van der Waals surface area contributed by atoms with Crippen LogP contribution in [-0.2, 0) is 11.2 Å². The van der Waals surface area contributed by atoms with E-state index < -0.39 is 11.7 Å². The molecule has 0 saturated carbocycles. The van der Waals surface area contributed by atoms with Crippen molar-refractivity contribution in [1.82, 2.24) is 4.98 Å². The van der Waals surface area contributed by atoms with Crippen molar-refractivity contribution in [2.75, 3.05) is 11.9 Å². The van der Waals surface area contributed by atoms with Gasteiger partial charge in [0.25, 0.3) is 0 Å². The fourth-order valence-corrected chi connectivity index (χ4v) is 3.96. The highest BCUT2D eigenvalue weighted by Crippen LogP contribution is 2.25. The number of rotatable bonds is 7. The molecule has 0 radical (unpaired) electrons. The first-order valence-corrected chi connectivity index (χ1v) is 11.4. The maximum atomic E-state index is 14.1. The van der Waals surface area contributed by atoms with E-state index in [4.69, 9.17) is 17.0 Å². The smallest absolute Gasteiger partial charge is 0.340 e. The van der Waals surface area contributed by atoms with Crippen LogP contribution in [0.2, 0.25) is 0 Å². The monoisotopic (exact) mass is 481 g/mol. The summed E-state index contributed by atoms with van der Waals surface area (Å²) >= 11 is 5.61. The lowest BCUT2D eigenvalue weighted by molar-refractivity contribution is -0.577. The molecule has 0 unspecified atom stereocenters. The Morgan fingerprint density at radius 2 is 1.85 bits per heavy atom. The number of nitrogens with zero attached hydrogens (tertiary/aromatic N) is 1. The third kappa shape index (κ3) is 5.17. The van der Waals surface area contributed by atoms with E-state index in [-0.39, 0.29) is 28.8 Å². The van der Waals surface area contributed by atoms with Crippen molar-refractivity contribution in [3.8, 4) is 0 Å². The minimum Gasteiger partial charge on any atom is -0.866 e. The predicted octanol–water partition coefficient (Wildman–Crippen LogP) is 4.23. The van der Waals surface area contributed by atoms with Crippen molar-refractivity contribution >= 4 is 40.3 Å². The van der Waals surface area contributed by atoms with Gasteiger partial charge in [0.15, 0.2) is 17.4 Å². The van der Waals surface area contributed by atoms with Crippen LogP contribution in [0.3, 0.4) is 0 Å². The number of halogens is 1. The van der Waals surface area contributed by atoms with Crippen molar-refractivity contribution < 1.29 is 23.6 Å². The molecule has 0 aliphatic rings. The number of aromatic amines is 1. The number of aryl methyl sites for hydroxylation is 3. The van der Waals surface area contributed by atoms with E-state index in [1.807, 2.05) is 19.1 Å². The van der Waals surface area contributed by atoms with Crippen molar-refractivity contribution in [3.05, 3.63) is 82.2 Å². The highest BCUT2D eigenvalue weighted by Gasteiger charge is 2.24. The number of carbonyl (C=O) groups excluding carboxylic acids is 1. The van der Waals surface area contributed by atoms with E-state index in [1.165, 1.54) is 6.07 Å². The Morgan fingerprint density at radius 3 is 2.44 bits per heavy atom. The molecule has 0 fully saturated rings. The van der Waals surface area contributed by atoms with E-state index >= 15 is 0 Å². The molecule has 0 amide bonds. The molecular formula is C26H28FN3O3S. The number of H-pyrrole nitrogens is 1. The lowest BCUT2D eigenvalue weighted by Crippen LogP contribution is -2.40. The molecule has 3 aromatic rings. The molecule has 0 aliphatic carbocycles. The van der Waals surface area contributed by atoms with Gasteiger partial charge in [0, 0.05) is 29.2 Å². The van der Waals surface area contributed by atoms with Gasteiger partial charge in [0.1, 0.15) is 5.82 Å². The zero-order valence-corrected chi connectivity index (χ0v) is 20.7. The molecule has 2 N–H and O–H groups in total. The number of pyridine rings is 1. The lowest BCUT2D eigenvalue weighted by Gasteiger charge is -2.17. The Balaban J connectivity index is 2.14. The molecule has 178 valence electrons. The van der Waals surface area contributed by atoms with Gasteiger partial charge in [-0.2, -0.15) is 4.57 Å². The fourth-order valence-electron chi connectivity index (χ4n) is 3.65. The number of thiocarbonyl (C=S) groups is 1. The summed E-state index contributed by atoms with van der Waals surface area (Å²) in [7, 11) is 0. The van der Waals surface area contributed by atoms with Crippen molar-refractivity contribution in [3.63, 3.8) is 0 Å². The van der Waals surface area contributed by atoms with Gasteiger partial charge in [-0.15, -0.1) is 0 Å². The number of benzene rings is 1. The van der Waals surface area contributed by atoms with Crippen LogP contribution in [0.5, 0.6) is 0 Å². The Kier molecular flexibility index (Phi) is 7.83. The van der Waals surface area contributed by atoms with Crippen LogP contribution in [0.25, 0.3) is 11.5 Å². The van der Waals surface area contributed by atoms with E-state index in [0.29, 0.717) is 28.1 Å². The number of hydrogen-bond acceptors (Lipinski definition) is 4. The number of anilines is 1. The topological polar surface area (TPSA) is 81.1 Å². The molecular weight excluding hydrogens is 453 g/mol. The number of esters is 1. The van der Waals surface area contributed by atoms with Crippen LogP contribution in [0.15, 0.2) is 42.7 Å². The molecule has 0 aliphatic heterocycles. The number of ether oxygens (including phenoxy) is 1. The zero-order chi connectivity index (χ0) is 25.0. The highest BCUT2D eigenvalue weighted by molar-refractivity contribution is 7.81. The van der Waals surface area contributed by atoms with Crippen molar-refractivity contribution in [2.24, 2.45) is 0 Å². The number of carbonyl (C=O) groups is 1. The van der Waals surface area contributed by atoms with Gasteiger partial charge in [-0.3, -0.25) is 0 Å². The summed E-state index contributed by atoms with van der Waals surface area (Å²) in [5.74, 6) is -1.28. The van der Waals surface area contributed by atoms with Crippen LogP contribution in [0, 0.1) is 26.6 Å². The maximum absolute atomic E-state index is 14.1. The maximum Gasteiger partial charge on any atom is 0.340 e. The van der Waals surface area contributed by atoms with E-state index in [1.54, 1.807) is 56.8 Å². The molecule has 0 saturated heterocycles. The lowest BCUT2D eigenvalue weighted by atomic mass is 10.1. The van der Waals surface area contributed by atoms with Gasteiger partial charge in [-0.1, -0.05) is 25.2 Å². The van der Waals surface area contributed by atoms with Crippen LogP contribution in [0.4, 0.5) is 10.1 Å². The largest absolute Gasteiger partial charge is 0.866 e. The highest BCUT2D eigenvalue weighted by atomic mass is 32.1. The second kappa shape index (κ2) is 10.6. The van der Waals surface area contributed by atoms with Crippen LogP contribution in [0.1, 0.15) is 52.3 Å². The summed E-state index contributed by atoms with van der Waals surface area (Å²) in [5, 5.41) is 16.8. The number of hydrogen-bond donors (Lipinski definition) is 2. The average Bonchev–Trinajstić information content (AvgIpc) is 3.11. The predicted molar refractivity (Wildman–Crippen MR) is 133 cm³/mol. The molecule has 34 heavy (non-hydrogen) atoms. The van der Waals surface area contributed by atoms with Crippen LogP contribution < -0.4 is 15.0 Å². The summed E-state index contributed by atoms with van der Waals surface area (Å²) in [6, 6.07) is 8.46. The molecule has 6 nitrogen and oxygen atoms in total. The van der Waals surface area contributed by atoms with Gasteiger partial charge < -0.3 is 20.1 Å². The SMILES string of the molecule is CCOC(=O)c1c(C)[nH]c(C([O-])=C(C(=S)Nc2ccc(C)c(F)c2)[n+]2ccc(CC)cc2)c1C. The molecule has 8 heteroatoms. The summed E-state index contributed by atoms with van der Waals surface area (Å²) in [6.07, 6.45) is 4.35. The van der Waals surface area contributed by atoms with Gasteiger partial charge >= 0.3 is 5.97 Å². The van der Waals surface area contributed by atoms with Crippen molar-refractivity contribution in [1.29, 1.82) is 0 Å². The van der Waals surface area contributed by atoms with E-state index in [9.17, 15) is 14.3 Å². The Morgan fingerprint density at radius 1 is 1.18 bits per heavy atom. The van der Waals surface area contributed by atoms with Crippen LogP contribution >= 0.6 is 12.2 Å². The average molecular weight is 482 g/mol. The minimum atomic E-state index is -0.495. The number of aromatic nitrogens is 2. The quantitative estimate of drug-likeness (QED) is 0.174. The third-order valence-electron chi connectivity index (χ3n) is 5.57. The summed E-state index contributed by atoms with van der Waals surface area (Å²) < 4.78 is 20.9. The first kappa shape index (κ1) is 25.1. The summed E-state index contributed by atoms with van der Waals surface area (Å²) in [4.78, 5) is 15.6. The first-order chi connectivity index (χ1) is 16.2. The van der Waals surface area contributed by atoms with E-state index in [2.05, 4.69) is 10.3 Å². The molecule has 2 aromatic heterocycles. The minimum absolute atomic E-state index is 0.117.